The number of anilines is 1. The fraction of sp³-hybridized carbons (Fsp3) is 0.324. The van der Waals surface area contributed by atoms with Crippen molar-refractivity contribution in [2.45, 2.75) is 36.7 Å². The minimum atomic E-state index is -5.16. The van der Waals surface area contributed by atoms with Gasteiger partial charge in [0.1, 0.15) is 11.5 Å². The van der Waals surface area contributed by atoms with E-state index in [1.807, 2.05) is 0 Å². The first kappa shape index (κ1) is 35.6. The maximum atomic E-state index is 15.1. The van der Waals surface area contributed by atoms with Crippen LogP contribution in [0.1, 0.15) is 35.4 Å². The third kappa shape index (κ3) is 5.45. The zero-order valence-corrected chi connectivity index (χ0v) is 27.9. The first-order valence-electron chi connectivity index (χ1n) is 15.6. The molecule has 2 aromatic carbocycles. The molecule has 0 bridgehead atoms. The lowest BCUT2D eigenvalue weighted by atomic mass is 9.49. The molecule has 6 atom stereocenters. The van der Waals surface area contributed by atoms with Crippen LogP contribution in [0.5, 0.6) is 11.5 Å². The van der Waals surface area contributed by atoms with Crippen molar-refractivity contribution in [1.29, 1.82) is 0 Å². The van der Waals surface area contributed by atoms with E-state index in [4.69, 9.17) is 23.2 Å². The highest BCUT2D eigenvalue weighted by atomic mass is 35.5. The molecule has 2 aliphatic carbocycles. The number of alkyl halides is 6. The van der Waals surface area contributed by atoms with Crippen LogP contribution in [0.25, 0.3) is 0 Å². The van der Waals surface area contributed by atoms with Crippen LogP contribution >= 0.6 is 23.2 Å². The summed E-state index contributed by atoms with van der Waals surface area (Å²) < 4.78 is 84.7. The van der Waals surface area contributed by atoms with Crippen LogP contribution in [0.15, 0.2) is 66.4 Å². The van der Waals surface area contributed by atoms with Crippen molar-refractivity contribution < 1.29 is 55.4 Å². The summed E-state index contributed by atoms with van der Waals surface area (Å²) in [7, 11) is 1.31. The van der Waals surface area contributed by atoms with E-state index < -0.39 is 99.1 Å². The minimum Gasteiger partial charge on any atom is -0.508 e. The molecule has 0 spiro atoms. The zero-order chi connectivity index (χ0) is 37.7. The summed E-state index contributed by atoms with van der Waals surface area (Å²) in [5.74, 6) is -10.5. The maximum absolute atomic E-state index is 15.1. The van der Waals surface area contributed by atoms with E-state index >= 15 is 4.79 Å². The number of carbonyl (C=O) groups is 4. The van der Waals surface area contributed by atoms with Crippen molar-refractivity contribution in [3.63, 3.8) is 0 Å². The molecule has 18 heteroatoms. The van der Waals surface area contributed by atoms with Gasteiger partial charge in [-0.2, -0.15) is 18.2 Å². The Morgan fingerprint density at radius 2 is 1.63 bits per heavy atom. The molecule has 2 aliphatic heterocycles. The largest absolute Gasteiger partial charge is 0.573 e. The van der Waals surface area contributed by atoms with Crippen molar-refractivity contribution in [2.24, 2.45) is 23.7 Å². The molecule has 3 fully saturated rings. The number of hydrogen-bond donors (Lipinski definition) is 2. The van der Waals surface area contributed by atoms with Gasteiger partial charge >= 0.3 is 12.5 Å². The molecule has 4 amide bonds. The Bertz CT molecular complexity index is 2080. The van der Waals surface area contributed by atoms with E-state index in [0.29, 0.717) is 22.8 Å². The smallest absolute Gasteiger partial charge is 0.508 e. The lowest BCUT2D eigenvalue weighted by Gasteiger charge is -2.50. The first-order chi connectivity index (χ1) is 24.3. The number of phenolic OH excluding ortho intramolecular Hbond substituents is 1. The van der Waals surface area contributed by atoms with E-state index in [1.165, 1.54) is 31.3 Å². The molecule has 2 N–H and O–H groups in total. The summed E-state index contributed by atoms with van der Waals surface area (Å²) in [6.45, 7) is 0. The van der Waals surface area contributed by atoms with Crippen molar-refractivity contribution in [1.82, 2.24) is 14.9 Å². The van der Waals surface area contributed by atoms with Gasteiger partial charge in [-0.05, 0) is 60.7 Å². The highest BCUT2D eigenvalue weighted by molar-refractivity contribution is 6.33. The molecule has 3 aromatic rings. The lowest BCUT2D eigenvalue weighted by molar-refractivity contribution is -0.274. The van der Waals surface area contributed by atoms with Crippen molar-refractivity contribution in [3.8, 4) is 11.5 Å². The number of fused-ring (bicyclic) bond motifs is 4. The number of nitrogens with one attached hydrogen (secondary N) is 1. The number of hydrogen-bond acceptors (Lipinski definition) is 8. The number of pyridine rings is 1. The van der Waals surface area contributed by atoms with Gasteiger partial charge in [0.05, 0.1) is 33.8 Å². The molecule has 0 radical (unpaired) electrons. The number of carbonyl (C=O) groups excluding carboxylic acids is 4. The molecule has 1 aromatic heterocycles. The average molecular weight is 769 g/mol. The normalized spacial score (nSPS) is 27.3. The summed E-state index contributed by atoms with van der Waals surface area (Å²) in [5, 5.41) is 11.5. The number of halogens is 8. The standard InChI is InChI=1S/C34H24Cl2F6N4O6/c1-45-28(48)19-8-7-18-20(25(19)30(45)50)12-22-29(49)46(44-27-23(36)10-15(13-43-27)33(37,38)39)31(51)32(22,14-2-4-16(35)5-3-14)26(18)21-11-17(6-9-24(21)47)52-34(40,41)42/h2-7,9-11,13,19-20,22,25-26,47H,8,12H2,1H3,(H,43,44)/t19-,20+,22-,25-,26+,32+/m0/s1. The number of hydrazine groups is 1. The zero-order valence-electron chi connectivity index (χ0n) is 26.4. The van der Waals surface area contributed by atoms with Crippen LogP contribution in [0.4, 0.5) is 32.2 Å². The molecule has 10 nitrogen and oxygen atoms in total. The van der Waals surface area contributed by atoms with Gasteiger partial charge < -0.3 is 9.84 Å². The molecule has 272 valence electrons. The van der Waals surface area contributed by atoms with Crippen LogP contribution in [-0.2, 0) is 30.8 Å². The molecule has 0 unspecified atom stereocenters. The van der Waals surface area contributed by atoms with Gasteiger partial charge in [0.15, 0.2) is 5.82 Å². The van der Waals surface area contributed by atoms with Crippen LogP contribution < -0.4 is 10.2 Å². The topological polar surface area (TPSA) is 129 Å². The van der Waals surface area contributed by atoms with E-state index in [2.05, 4.69) is 15.1 Å². The summed E-state index contributed by atoms with van der Waals surface area (Å²) >= 11 is 12.3. The average Bonchev–Trinajstić information content (AvgIpc) is 3.42. The number of allylic oxidation sites excluding steroid dienone is 2. The van der Waals surface area contributed by atoms with Crippen molar-refractivity contribution >= 4 is 52.6 Å². The third-order valence-electron chi connectivity index (χ3n) is 10.3. The quantitative estimate of drug-likeness (QED) is 0.168. The molecule has 52 heavy (non-hydrogen) atoms. The summed E-state index contributed by atoms with van der Waals surface area (Å²) in [5.41, 5.74) is -0.690. The number of ether oxygens (including phenoxy) is 1. The Labute approximate surface area is 299 Å². The molecule has 1 saturated carbocycles. The Morgan fingerprint density at radius 1 is 0.942 bits per heavy atom. The summed E-state index contributed by atoms with van der Waals surface area (Å²) in [6, 6.07) is 8.89. The number of likely N-dealkylation sites (tertiary alicyclic amines) is 1. The van der Waals surface area contributed by atoms with Gasteiger partial charge in [-0.25, -0.2) is 4.98 Å². The molecule has 2 saturated heterocycles. The number of imide groups is 2. The second kappa shape index (κ2) is 12.1. The van der Waals surface area contributed by atoms with Gasteiger partial charge in [-0.1, -0.05) is 47.0 Å². The number of nitrogens with zero attached hydrogens (tertiary/aromatic N) is 3. The van der Waals surface area contributed by atoms with Gasteiger partial charge in [-0.15, -0.1) is 13.2 Å². The minimum absolute atomic E-state index is 0.00202. The number of aromatic hydroxyl groups is 1. The summed E-state index contributed by atoms with van der Waals surface area (Å²) in [6.07, 6.45) is -8.17. The first-order valence-corrected chi connectivity index (χ1v) is 16.3. The maximum Gasteiger partial charge on any atom is 0.573 e. The van der Waals surface area contributed by atoms with Crippen LogP contribution in [0.3, 0.4) is 0 Å². The van der Waals surface area contributed by atoms with Gasteiger partial charge in [-0.3, -0.25) is 29.5 Å². The highest BCUT2D eigenvalue weighted by Crippen LogP contribution is 2.65. The molecule has 7 rings (SSSR count). The molecule has 4 aliphatic rings. The van der Waals surface area contributed by atoms with Crippen LogP contribution in [0, 0.1) is 23.7 Å². The Kier molecular flexibility index (Phi) is 8.29. The van der Waals surface area contributed by atoms with Crippen LogP contribution in [0.2, 0.25) is 10.0 Å². The number of aromatic nitrogens is 1. The van der Waals surface area contributed by atoms with Gasteiger partial charge in [0.2, 0.25) is 11.8 Å². The Balaban J connectivity index is 1.47. The second-order valence-electron chi connectivity index (χ2n) is 12.9. The molecule has 3 heterocycles. The summed E-state index contributed by atoms with van der Waals surface area (Å²) in [4.78, 5) is 61.0. The van der Waals surface area contributed by atoms with E-state index in [1.54, 1.807) is 6.08 Å². The second-order valence-corrected chi connectivity index (χ2v) is 13.8. The van der Waals surface area contributed by atoms with E-state index in [0.717, 1.165) is 23.1 Å². The third-order valence-corrected chi connectivity index (χ3v) is 10.9. The number of benzene rings is 2. The Hall–Kier alpha value is -4.83. The number of phenols is 1. The van der Waals surface area contributed by atoms with Crippen LogP contribution in [-0.4, -0.2) is 57.0 Å². The monoisotopic (exact) mass is 768 g/mol. The predicted octanol–water partition coefficient (Wildman–Crippen LogP) is 6.63. The lowest BCUT2D eigenvalue weighted by Crippen LogP contribution is -2.53. The van der Waals surface area contributed by atoms with Gasteiger partial charge in [0, 0.05) is 29.7 Å². The fourth-order valence-electron chi connectivity index (χ4n) is 8.25. The molecular formula is C34H24Cl2F6N4O6. The van der Waals surface area contributed by atoms with Crippen molar-refractivity contribution in [2.75, 3.05) is 12.5 Å². The van der Waals surface area contributed by atoms with E-state index in [-0.39, 0.29) is 29.0 Å². The predicted molar refractivity (Wildman–Crippen MR) is 169 cm³/mol. The number of rotatable bonds is 5. The Morgan fingerprint density at radius 3 is 2.27 bits per heavy atom. The highest BCUT2D eigenvalue weighted by Gasteiger charge is 2.70. The SMILES string of the molecule is CN1C(=O)[C@H]2[C@H](CC=C3[C@H]2C[C@H]2C(=O)N(Nc4ncc(C(F)(F)F)cc4Cl)C(=O)[C@@]2(c2ccc(Cl)cc2)[C@H]3c2cc(OC(F)(F)F)ccc2O)C1=O. The van der Waals surface area contributed by atoms with Crippen molar-refractivity contribution in [3.05, 3.63) is 93.1 Å². The fourth-order valence-corrected chi connectivity index (χ4v) is 8.58. The van der Waals surface area contributed by atoms with Gasteiger partial charge in [0.25, 0.3) is 11.8 Å². The molecular weight excluding hydrogens is 745 g/mol. The van der Waals surface area contributed by atoms with E-state index in [9.17, 15) is 45.8 Å². The number of amides is 4.